The number of hydrogen-bond donors (Lipinski definition) is 0. The molecule has 1 aliphatic rings. The van der Waals surface area contributed by atoms with Gasteiger partial charge in [0.15, 0.2) is 0 Å². The highest BCUT2D eigenvalue weighted by Crippen LogP contribution is 2.01. The summed E-state index contributed by atoms with van der Waals surface area (Å²) in [5, 5.41) is 0. The van der Waals surface area contributed by atoms with Gasteiger partial charge in [-0.05, 0) is 13.3 Å². The van der Waals surface area contributed by atoms with Crippen LogP contribution in [0.25, 0.3) is 0 Å². The lowest BCUT2D eigenvalue weighted by atomic mass is 10.2. The van der Waals surface area contributed by atoms with Crippen LogP contribution in [0.15, 0.2) is 11.6 Å². The van der Waals surface area contributed by atoms with Crippen molar-refractivity contribution in [2.75, 3.05) is 32.8 Å². The Morgan fingerprint density at radius 1 is 1.42 bits per heavy atom. The van der Waals surface area contributed by atoms with Gasteiger partial charge in [-0.3, -0.25) is 4.90 Å². The van der Waals surface area contributed by atoms with E-state index >= 15 is 0 Å². The molecule has 70 valence electrons. The molecule has 0 aliphatic carbocycles. The molecular formula is C10H19NO. The Kier molecular flexibility index (Phi) is 4.33. The molecule has 0 atom stereocenters. The number of ether oxygens (including phenoxy) is 1. The molecule has 0 spiro atoms. The second-order valence-electron chi connectivity index (χ2n) is 3.32. The van der Waals surface area contributed by atoms with E-state index in [0.717, 1.165) is 32.8 Å². The zero-order valence-corrected chi connectivity index (χ0v) is 8.18. The minimum Gasteiger partial charge on any atom is -0.379 e. The van der Waals surface area contributed by atoms with Crippen molar-refractivity contribution in [1.82, 2.24) is 4.90 Å². The molecule has 0 N–H and O–H groups in total. The first kappa shape index (κ1) is 9.75. The van der Waals surface area contributed by atoms with Gasteiger partial charge in [0.25, 0.3) is 0 Å². The van der Waals surface area contributed by atoms with Gasteiger partial charge in [-0.15, -0.1) is 0 Å². The quantitative estimate of drug-likeness (QED) is 0.596. The van der Waals surface area contributed by atoms with Crippen LogP contribution in [-0.2, 0) is 4.74 Å². The normalized spacial score (nSPS) is 21.3. The van der Waals surface area contributed by atoms with Gasteiger partial charge in [0.2, 0.25) is 0 Å². The topological polar surface area (TPSA) is 12.5 Å². The molecule has 0 aromatic rings. The van der Waals surface area contributed by atoms with Crippen molar-refractivity contribution in [2.45, 2.75) is 20.3 Å². The van der Waals surface area contributed by atoms with Crippen molar-refractivity contribution in [3.8, 4) is 0 Å². The summed E-state index contributed by atoms with van der Waals surface area (Å²) in [6, 6.07) is 0. The molecule has 1 rings (SSSR count). The molecule has 12 heavy (non-hydrogen) atoms. The Morgan fingerprint density at radius 2 is 2.08 bits per heavy atom. The standard InChI is InChI=1S/C10H19NO/c1-3-10(2)4-5-11-6-8-12-9-7-11/h4H,3,5-9H2,1-2H3/b10-4-. The Balaban J connectivity index is 2.21. The molecule has 0 radical (unpaired) electrons. The summed E-state index contributed by atoms with van der Waals surface area (Å²) in [4.78, 5) is 2.43. The molecule has 2 heteroatoms. The third-order valence-corrected chi connectivity index (χ3v) is 2.36. The highest BCUT2D eigenvalue weighted by Gasteiger charge is 2.07. The van der Waals surface area contributed by atoms with E-state index < -0.39 is 0 Å². The van der Waals surface area contributed by atoms with Gasteiger partial charge in [0, 0.05) is 19.6 Å². The first-order chi connectivity index (χ1) is 5.83. The van der Waals surface area contributed by atoms with Crippen LogP contribution in [0.4, 0.5) is 0 Å². The Hall–Kier alpha value is -0.340. The Morgan fingerprint density at radius 3 is 2.67 bits per heavy atom. The summed E-state index contributed by atoms with van der Waals surface area (Å²) < 4.78 is 5.27. The maximum atomic E-state index is 5.27. The number of rotatable bonds is 3. The van der Waals surface area contributed by atoms with Gasteiger partial charge >= 0.3 is 0 Å². The average Bonchev–Trinajstić information content (AvgIpc) is 2.16. The van der Waals surface area contributed by atoms with E-state index in [9.17, 15) is 0 Å². The molecule has 0 unspecified atom stereocenters. The van der Waals surface area contributed by atoms with Gasteiger partial charge in [0.05, 0.1) is 13.2 Å². The van der Waals surface area contributed by atoms with Crippen LogP contribution >= 0.6 is 0 Å². The first-order valence-corrected chi connectivity index (χ1v) is 4.78. The van der Waals surface area contributed by atoms with Gasteiger partial charge in [-0.1, -0.05) is 18.6 Å². The second-order valence-corrected chi connectivity index (χ2v) is 3.32. The zero-order chi connectivity index (χ0) is 8.81. The molecule has 0 amide bonds. The highest BCUT2D eigenvalue weighted by atomic mass is 16.5. The average molecular weight is 169 g/mol. The van der Waals surface area contributed by atoms with Crippen molar-refractivity contribution in [3.63, 3.8) is 0 Å². The van der Waals surface area contributed by atoms with E-state index in [2.05, 4.69) is 24.8 Å². The molecule has 1 aliphatic heterocycles. The predicted octanol–water partition coefficient (Wildman–Crippen LogP) is 1.67. The molecule has 1 heterocycles. The molecule has 0 saturated carbocycles. The zero-order valence-electron chi connectivity index (χ0n) is 8.18. The lowest BCUT2D eigenvalue weighted by Gasteiger charge is -2.25. The number of hydrogen-bond acceptors (Lipinski definition) is 2. The monoisotopic (exact) mass is 169 g/mol. The van der Waals surface area contributed by atoms with Crippen LogP contribution in [0.2, 0.25) is 0 Å². The SMILES string of the molecule is CC/C(C)=C\CN1CCOCC1. The Labute approximate surface area is 75.2 Å². The summed E-state index contributed by atoms with van der Waals surface area (Å²) in [6.45, 7) is 9.48. The van der Waals surface area contributed by atoms with E-state index in [4.69, 9.17) is 4.74 Å². The Bertz CT molecular complexity index is 148. The van der Waals surface area contributed by atoms with Crippen LogP contribution < -0.4 is 0 Å². The van der Waals surface area contributed by atoms with E-state index in [1.807, 2.05) is 0 Å². The maximum Gasteiger partial charge on any atom is 0.0594 e. The van der Waals surface area contributed by atoms with Crippen molar-refractivity contribution in [2.24, 2.45) is 0 Å². The molecule has 2 nitrogen and oxygen atoms in total. The molecular weight excluding hydrogens is 150 g/mol. The summed E-state index contributed by atoms with van der Waals surface area (Å²) in [6.07, 6.45) is 3.50. The minimum atomic E-state index is 0.902. The van der Waals surface area contributed by atoms with E-state index in [1.165, 1.54) is 12.0 Å². The smallest absolute Gasteiger partial charge is 0.0594 e. The van der Waals surface area contributed by atoms with Crippen LogP contribution in [0.3, 0.4) is 0 Å². The van der Waals surface area contributed by atoms with Gasteiger partial charge in [-0.25, -0.2) is 0 Å². The lowest BCUT2D eigenvalue weighted by molar-refractivity contribution is 0.0433. The number of nitrogens with zero attached hydrogens (tertiary/aromatic N) is 1. The fourth-order valence-electron chi connectivity index (χ4n) is 1.21. The van der Waals surface area contributed by atoms with Crippen LogP contribution in [0.5, 0.6) is 0 Å². The van der Waals surface area contributed by atoms with Gasteiger partial charge in [0.1, 0.15) is 0 Å². The van der Waals surface area contributed by atoms with Crippen molar-refractivity contribution < 1.29 is 4.74 Å². The fourth-order valence-corrected chi connectivity index (χ4v) is 1.21. The van der Waals surface area contributed by atoms with Crippen LogP contribution in [0, 0.1) is 0 Å². The summed E-state index contributed by atoms with van der Waals surface area (Å²) in [7, 11) is 0. The number of allylic oxidation sites excluding steroid dienone is 1. The molecule has 1 saturated heterocycles. The van der Waals surface area contributed by atoms with Crippen molar-refractivity contribution in [3.05, 3.63) is 11.6 Å². The van der Waals surface area contributed by atoms with Crippen LogP contribution in [0.1, 0.15) is 20.3 Å². The van der Waals surface area contributed by atoms with E-state index in [1.54, 1.807) is 0 Å². The fraction of sp³-hybridized carbons (Fsp3) is 0.800. The predicted molar refractivity (Wildman–Crippen MR) is 51.3 cm³/mol. The van der Waals surface area contributed by atoms with Crippen molar-refractivity contribution in [1.29, 1.82) is 0 Å². The van der Waals surface area contributed by atoms with Crippen LogP contribution in [-0.4, -0.2) is 37.7 Å². The largest absolute Gasteiger partial charge is 0.379 e. The van der Waals surface area contributed by atoms with E-state index in [0.29, 0.717) is 0 Å². The van der Waals surface area contributed by atoms with E-state index in [-0.39, 0.29) is 0 Å². The van der Waals surface area contributed by atoms with Gasteiger partial charge in [-0.2, -0.15) is 0 Å². The maximum absolute atomic E-state index is 5.27. The molecule has 0 bridgehead atoms. The molecule has 0 aromatic heterocycles. The summed E-state index contributed by atoms with van der Waals surface area (Å²) >= 11 is 0. The molecule has 1 fully saturated rings. The van der Waals surface area contributed by atoms with Gasteiger partial charge < -0.3 is 4.74 Å². The molecule has 0 aromatic carbocycles. The second kappa shape index (κ2) is 5.33. The summed E-state index contributed by atoms with van der Waals surface area (Å²) in [5.74, 6) is 0. The first-order valence-electron chi connectivity index (χ1n) is 4.78. The third-order valence-electron chi connectivity index (χ3n) is 2.36. The lowest BCUT2D eigenvalue weighted by Crippen LogP contribution is -2.36. The minimum absolute atomic E-state index is 0.902. The number of morpholine rings is 1. The summed E-state index contributed by atoms with van der Waals surface area (Å²) in [5.41, 5.74) is 1.49. The highest BCUT2D eigenvalue weighted by molar-refractivity contribution is 4.98. The third kappa shape index (κ3) is 3.37. The van der Waals surface area contributed by atoms with Crippen molar-refractivity contribution >= 4 is 0 Å².